The monoisotopic (exact) mass is 502 g/mol. The molecule has 0 atom stereocenters. The molecule has 190 valence electrons. The molecule has 0 saturated heterocycles. The molecule has 2 aromatic heterocycles. The van der Waals surface area contributed by atoms with Gasteiger partial charge in [0.05, 0.1) is 17.6 Å². The Morgan fingerprint density at radius 3 is 2.45 bits per heavy atom. The summed E-state index contributed by atoms with van der Waals surface area (Å²) in [5.74, 6) is 3.29. The van der Waals surface area contributed by atoms with Crippen LogP contribution < -0.4 is 4.90 Å². The van der Waals surface area contributed by atoms with Crippen LogP contribution in [-0.2, 0) is 24.9 Å². The average molecular weight is 503 g/mol. The zero-order valence-corrected chi connectivity index (χ0v) is 21.8. The number of hydrogen-bond donors (Lipinski definition) is 0. The molecule has 6 rings (SSSR count). The van der Waals surface area contributed by atoms with Gasteiger partial charge in [-0.1, -0.05) is 36.4 Å². The predicted molar refractivity (Wildman–Crippen MR) is 152 cm³/mol. The average Bonchev–Trinajstić information content (AvgIpc) is 3.55. The molecular formula is C31H30N6O. The minimum absolute atomic E-state index is 0.00290. The molecular weight excluding hydrogens is 472 g/mol. The standard InChI is InChI=1S/C31H30N6O/c1-4-6-18-31(33-34-31)19-17-29(38)37(30-32-25-12-8-10-14-28(25)35(30)3)21-22-15-16-27-24(20-22)23-11-7-9-13-26(23)36(27)5-2/h1,7-16,20H,5-6,17-19,21H2,2-3H3. The van der Waals surface area contributed by atoms with E-state index in [1.54, 1.807) is 4.90 Å². The largest absolute Gasteiger partial charge is 0.341 e. The maximum atomic E-state index is 13.8. The van der Waals surface area contributed by atoms with Crippen molar-refractivity contribution in [3.05, 3.63) is 72.3 Å². The SMILES string of the molecule is C#CCCC1(CCC(=O)N(Cc2ccc3c(c2)c2ccccc2n3CC)c2nc3ccccc3n2C)N=N1. The molecule has 3 aromatic carbocycles. The Hall–Kier alpha value is -4.44. The fourth-order valence-corrected chi connectivity index (χ4v) is 5.48. The van der Waals surface area contributed by atoms with Crippen LogP contribution in [0.2, 0.25) is 0 Å². The summed E-state index contributed by atoms with van der Waals surface area (Å²) >= 11 is 0. The second-order valence-corrected chi connectivity index (χ2v) is 9.94. The molecule has 0 fully saturated rings. The number of rotatable bonds is 9. The lowest BCUT2D eigenvalue weighted by atomic mass is 10.0. The van der Waals surface area contributed by atoms with Crippen molar-refractivity contribution >= 4 is 44.7 Å². The smallest absolute Gasteiger partial charge is 0.229 e. The first-order valence-corrected chi connectivity index (χ1v) is 13.1. The molecule has 0 spiro atoms. The van der Waals surface area contributed by atoms with Crippen molar-refractivity contribution in [2.24, 2.45) is 17.3 Å². The van der Waals surface area contributed by atoms with E-state index < -0.39 is 5.66 Å². The summed E-state index contributed by atoms with van der Waals surface area (Å²) in [6.45, 7) is 3.48. The zero-order chi connectivity index (χ0) is 26.3. The van der Waals surface area contributed by atoms with Gasteiger partial charge in [0.15, 0.2) is 5.66 Å². The number of anilines is 1. The van der Waals surface area contributed by atoms with E-state index in [4.69, 9.17) is 11.4 Å². The van der Waals surface area contributed by atoms with Crippen molar-refractivity contribution in [2.75, 3.05) is 4.90 Å². The maximum Gasteiger partial charge on any atom is 0.229 e. The molecule has 0 unspecified atom stereocenters. The summed E-state index contributed by atoms with van der Waals surface area (Å²) in [6, 6.07) is 22.9. The van der Waals surface area contributed by atoms with Crippen LogP contribution in [0.3, 0.4) is 0 Å². The molecule has 0 bridgehead atoms. The fourth-order valence-electron chi connectivity index (χ4n) is 5.48. The van der Waals surface area contributed by atoms with Gasteiger partial charge in [-0.3, -0.25) is 9.69 Å². The van der Waals surface area contributed by atoms with Crippen LogP contribution in [0.1, 0.15) is 38.2 Å². The van der Waals surface area contributed by atoms with E-state index in [0.29, 0.717) is 38.2 Å². The van der Waals surface area contributed by atoms with Gasteiger partial charge in [-0.2, -0.15) is 10.2 Å². The number of amides is 1. The summed E-state index contributed by atoms with van der Waals surface area (Å²) in [7, 11) is 1.96. The quantitative estimate of drug-likeness (QED) is 0.213. The van der Waals surface area contributed by atoms with Crippen molar-refractivity contribution in [3.63, 3.8) is 0 Å². The van der Waals surface area contributed by atoms with Crippen LogP contribution >= 0.6 is 0 Å². The normalized spacial score (nSPS) is 13.8. The molecule has 38 heavy (non-hydrogen) atoms. The third-order valence-electron chi connectivity index (χ3n) is 7.59. The molecule has 1 amide bonds. The lowest BCUT2D eigenvalue weighted by Gasteiger charge is -2.23. The molecule has 0 aliphatic carbocycles. The van der Waals surface area contributed by atoms with Crippen LogP contribution in [0.15, 0.2) is 77.0 Å². The molecule has 0 N–H and O–H groups in total. The first-order chi connectivity index (χ1) is 18.5. The van der Waals surface area contributed by atoms with Gasteiger partial charge in [0.2, 0.25) is 11.9 Å². The van der Waals surface area contributed by atoms with Gasteiger partial charge in [0.1, 0.15) is 0 Å². The molecule has 1 aliphatic heterocycles. The summed E-state index contributed by atoms with van der Waals surface area (Å²) in [5, 5.41) is 10.9. The molecule has 3 heterocycles. The minimum Gasteiger partial charge on any atom is -0.341 e. The first-order valence-electron chi connectivity index (χ1n) is 13.1. The number of carbonyl (C=O) groups excluding carboxylic acids is 1. The molecule has 7 nitrogen and oxygen atoms in total. The summed E-state index contributed by atoms with van der Waals surface area (Å²) in [5.41, 5.74) is 4.83. The Kier molecular flexibility index (Phi) is 5.96. The predicted octanol–water partition coefficient (Wildman–Crippen LogP) is 6.59. The van der Waals surface area contributed by atoms with Gasteiger partial charge in [-0.05, 0) is 42.8 Å². The summed E-state index contributed by atoms with van der Waals surface area (Å²) < 4.78 is 4.33. The molecule has 7 heteroatoms. The highest BCUT2D eigenvalue weighted by molar-refractivity contribution is 6.08. The topological polar surface area (TPSA) is 67.8 Å². The van der Waals surface area contributed by atoms with E-state index in [1.807, 2.05) is 35.9 Å². The highest BCUT2D eigenvalue weighted by Gasteiger charge is 2.40. The van der Waals surface area contributed by atoms with Crippen molar-refractivity contribution in [2.45, 2.75) is 51.4 Å². The lowest BCUT2D eigenvalue weighted by Crippen LogP contribution is -2.33. The van der Waals surface area contributed by atoms with Gasteiger partial charge in [-0.15, -0.1) is 12.3 Å². The minimum atomic E-state index is -0.499. The number of carbonyl (C=O) groups is 1. The Bertz CT molecular complexity index is 1750. The van der Waals surface area contributed by atoms with E-state index >= 15 is 0 Å². The van der Waals surface area contributed by atoms with Crippen molar-refractivity contribution in [1.82, 2.24) is 14.1 Å². The number of aromatic nitrogens is 3. The van der Waals surface area contributed by atoms with Crippen LogP contribution in [0.4, 0.5) is 5.95 Å². The Morgan fingerprint density at radius 1 is 0.974 bits per heavy atom. The van der Waals surface area contributed by atoms with Crippen LogP contribution in [0.5, 0.6) is 0 Å². The summed E-state index contributed by atoms with van der Waals surface area (Å²) in [6.07, 6.45) is 7.60. The first kappa shape index (κ1) is 23.9. The third kappa shape index (κ3) is 4.12. The number of para-hydroxylation sites is 3. The van der Waals surface area contributed by atoms with Crippen molar-refractivity contribution < 1.29 is 4.79 Å². The third-order valence-corrected chi connectivity index (χ3v) is 7.59. The zero-order valence-electron chi connectivity index (χ0n) is 21.8. The Morgan fingerprint density at radius 2 is 1.71 bits per heavy atom. The van der Waals surface area contributed by atoms with E-state index in [0.717, 1.165) is 23.1 Å². The molecule has 1 aliphatic rings. The van der Waals surface area contributed by atoms with Gasteiger partial charge in [-0.25, -0.2) is 4.98 Å². The summed E-state index contributed by atoms with van der Waals surface area (Å²) in [4.78, 5) is 20.5. The molecule has 0 radical (unpaired) electrons. The van der Waals surface area contributed by atoms with E-state index in [-0.39, 0.29) is 5.91 Å². The van der Waals surface area contributed by atoms with Gasteiger partial charge in [0, 0.05) is 61.1 Å². The Balaban J connectivity index is 1.36. The number of aryl methyl sites for hydroxylation is 2. The number of fused-ring (bicyclic) bond motifs is 4. The number of imidazole rings is 1. The second-order valence-electron chi connectivity index (χ2n) is 9.94. The van der Waals surface area contributed by atoms with E-state index in [1.165, 1.54) is 21.8 Å². The maximum absolute atomic E-state index is 13.8. The number of hydrogen-bond acceptors (Lipinski definition) is 4. The number of terminal acetylenes is 1. The highest BCUT2D eigenvalue weighted by atomic mass is 16.2. The van der Waals surface area contributed by atoms with Crippen LogP contribution in [0.25, 0.3) is 32.8 Å². The van der Waals surface area contributed by atoms with Gasteiger partial charge in [0.25, 0.3) is 0 Å². The van der Waals surface area contributed by atoms with Crippen LogP contribution in [0, 0.1) is 12.3 Å². The van der Waals surface area contributed by atoms with Gasteiger partial charge < -0.3 is 9.13 Å². The second kappa shape index (κ2) is 9.46. The lowest BCUT2D eigenvalue weighted by molar-refractivity contribution is -0.119. The van der Waals surface area contributed by atoms with Crippen molar-refractivity contribution in [1.29, 1.82) is 0 Å². The number of benzene rings is 3. The van der Waals surface area contributed by atoms with E-state index in [2.05, 4.69) is 70.1 Å². The number of nitrogens with zero attached hydrogens (tertiary/aromatic N) is 6. The van der Waals surface area contributed by atoms with Crippen molar-refractivity contribution in [3.8, 4) is 12.3 Å². The fraction of sp³-hybridized carbons (Fsp3) is 0.290. The van der Waals surface area contributed by atoms with Gasteiger partial charge >= 0.3 is 0 Å². The van der Waals surface area contributed by atoms with E-state index in [9.17, 15) is 4.79 Å². The molecule has 0 saturated carbocycles. The molecule has 5 aromatic rings. The Labute approximate surface area is 221 Å². The van der Waals surface area contributed by atoms with Crippen LogP contribution in [-0.4, -0.2) is 25.7 Å². The highest BCUT2D eigenvalue weighted by Crippen LogP contribution is 2.38.